The number of nitrogens with zero attached hydrogens (tertiary/aromatic N) is 2. The molecule has 0 amide bonds. The molecule has 0 bridgehead atoms. The van der Waals surface area contributed by atoms with Gasteiger partial charge in [-0.1, -0.05) is 42.0 Å². The first-order chi connectivity index (χ1) is 13.5. The average Bonchev–Trinajstić information content (AvgIpc) is 3.03. The Morgan fingerprint density at radius 3 is 2.14 bits per heavy atom. The van der Waals surface area contributed by atoms with E-state index in [9.17, 15) is 21.6 Å². The number of alkyl halides is 3. The van der Waals surface area contributed by atoms with Crippen LogP contribution in [0.3, 0.4) is 0 Å². The molecule has 3 atom stereocenters. The first-order valence-corrected chi connectivity index (χ1v) is 10.2. The summed E-state index contributed by atoms with van der Waals surface area (Å²) in [4.78, 5) is -0.145. The van der Waals surface area contributed by atoms with E-state index in [1.807, 2.05) is 6.92 Å². The number of azo groups is 1. The standard InChI is InChI=1S/C20H18F3N3O2S/c1-3-12-19(20(21,22)23)17(14-6-4-13(2)5-7-14)18(25-26-19)15-8-10-16(11-9-15)29(24,27)28/h1,4-11,17-18H,12H2,2H3,(H2,24,27,28). The van der Waals surface area contributed by atoms with E-state index >= 15 is 0 Å². The van der Waals surface area contributed by atoms with Crippen LogP contribution in [0, 0.1) is 19.3 Å². The largest absolute Gasteiger partial charge is 0.417 e. The van der Waals surface area contributed by atoms with Crippen molar-refractivity contribution in [2.75, 3.05) is 0 Å². The molecule has 0 saturated carbocycles. The van der Waals surface area contributed by atoms with Gasteiger partial charge in [0.05, 0.1) is 4.90 Å². The van der Waals surface area contributed by atoms with Gasteiger partial charge in [-0.25, -0.2) is 13.6 Å². The first kappa shape index (κ1) is 21.0. The third-order valence-corrected chi connectivity index (χ3v) is 5.97. The lowest BCUT2D eigenvalue weighted by atomic mass is 9.72. The Morgan fingerprint density at radius 2 is 1.66 bits per heavy atom. The van der Waals surface area contributed by atoms with Gasteiger partial charge >= 0.3 is 6.18 Å². The van der Waals surface area contributed by atoms with Gasteiger partial charge in [0.15, 0.2) is 5.54 Å². The van der Waals surface area contributed by atoms with Gasteiger partial charge in [0.25, 0.3) is 0 Å². The molecule has 2 aromatic rings. The summed E-state index contributed by atoms with van der Waals surface area (Å²) < 4.78 is 65.5. The van der Waals surface area contributed by atoms with Gasteiger partial charge in [0.1, 0.15) is 6.04 Å². The maximum Gasteiger partial charge on any atom is 0.417 e. The van der Waals surface area contributed by atoms with E-state index in [0.29, 0.717) is 11.1 Å². The Balaban J connectivity index is 2.15. The van der Waals surface area contributed by atoms with Crippen LogP contribution in [-0.4, -0.2) is 20.1 Å². The highest BCUT2D eigenvalue weighted by atomic mass is 32.2. The third kappa shape index (κ3) is 3.78. The fourth-order valence-electron chi connectivity index (χ4n) is 3.54. The number of sulfonamides is 1. The number of rotatable bonds is 4. The molecule has 5 nitrogen and oxygen atoms in total. The monoisotopic (exact) mass is 421 g/mol. The smallest absolute Gasteiger partial charge is 0.225 e. The maximum atomic E-state index is 14.2. The number of terminal acetylenes is 1. The van der Waals surface area contributed by atoms with E-state index in [2.05, 4.69) is 16.1 Å². The quantitative estimate of drug-likeness (QED) is 0.748. The Bertz CT molecular complexity index is 1070. The minimum Gasteiger partial charge on any atom is -0.225 e. The lowest BCUT2D eigenvalue weighted by Gasteiger charge is -2.34. The van der Waals surface area contributed by atoms with Crippen LogP contribution in [0.4, 0.5) is 13.2 Å². The second kappa shape index (κ2) is 7.28. The molecule has 1 aliphatic rings. The molecule has 2 aromatic carbocycles. The van der Waals surface area contributed by atoms with Gasteiger partial charge in [0.2, 0.25) is 10.0 Å². The van der Waals surface area contributed by atoms with Gasteiger partial charge < -0.3 is 0 Å². The minimum absolute atomic E-state index is 0.145. The summed E-state index contributed by atoms with van der Waals surface area (Å²) in [6.07, 6.45) is -0.117. The first-order valence-electron chi connectivity index (χ1n) is 8.61. The fourth-order valence-corrected chi connectivity index (χ4v) is 4.05. The third-order valence-electron chi connectivity index (χ3n) is 5.04. The number of nitrogens with two attached hydrogens (primary N) is 1. The lowest BCUT2D eigenvalue weighted by molar-refractivity contribution is -0.188. The summed E-state index contributed by atoms with van der Waals surface area (Å²) in [7, 11) is -3.93. The van der Waals surface area contributed by atoms with Crippen molar-refractivity contribution in [2.24, 2.45) is 15.4 Å². The van der Waals surface area contributed by atoms with Crippen molar-refractivity contribution >= 4 is 10.0 Å². The summed E-state index contributed by atoms with van der Waals surface area (Å²) in [5.41, 5.74) is -0.895. The molecular formula is C20H18F3N3O2S. The van der Waals surface area contributed by atoms with Gasteiger partial charge in [-0.05, 0) is 30.2 Å². The Morgan fingerprint density at radius 1 is 1.10 bits per heavy atom. The van der Waals surface area contributed by atoms with Crippen LogP contribution in [0.2, 0.25) is 0 Å². The number of aryl methyl sites for hydroxylation is 1. The summed E-state index contributed by atoms with van der Waals surface area (Å²) in [5.74, 6) is 0.905. The van der Waals surface area contributed by atoms with Crippen LogP contribution in [0.15, 0.2) is 63.7 Å². The zero-order valence-electron chi connectivity index (χ0n) is 15.4. The zero-order valence-corrected chi connectivity index (χ0v) is 16.2. The molecule has 2 N–H and O–H groups in total. The van der Waals surface area contributed by atoms with Crippen molar-refractivity contribution in [3.63, 3.8) is 0 Å². The molecule has 152 valence electrons. The Hall–Kier alpha value is -2.70. The van der Waals surface area contributed by atoms with E-state index in [0.717, 1.165) is 5.56 Å². The van der Waals surface area contributed by atoms with Crippen molar-refractivity contribution in [3.05, 3.63) is 65.2 Å². The highest BCUT2D eigenvalue weighted by Crippen LogP contribution is 2.57. The number of benzene rings is 2. The molecule has 29 heavy (non-hydrogen) atoms. The predicted molar refractivity (Wildman–Crippen MR) is 102 cm³/mol. The molecule has 1 aliphatic heterocycles. The van der Waals surface area contributed by atoms with Gasteiger partial charge in [-0.3, -0.25) is 0 Å². The number of primary sulfonamides is 1. The molecule has 9 heteroatoms. The molecule has 3 rings (SSSR count). The number of hydrogen-bond acceptors (Lipinski definition) is 4. The maximum absolute atomic E-state index is 14.2. The van der Waals surface area contributed by atoms with Crippen molar-refractivity contribution in [1.29, 1.82) is 0 Å². The molecule has 1 heterocycles. The van der Waals surface area contributed by atoms with Gasteiger partial charge in [-0.15, -0.1) is 12.3 Å². The van der Waals surface area contributed by atoms with Crippen molar-refractivity contribution in [3.8, 4) is 12.3 Å². The lowest BCUT2D eigenvalue weighted by Crippen LogP contribution is -2.47. The highest BCUT2D eigenvalue weighted by Gasteiger charge is 2.65. The Labute approximate surface area is 166 Å². The molecule has 0 aromatic heterocycles. The number of hydrogen-bond donors (Lipinski definition) is 1. The molecule has 0 radical (unpaired) electrons. The molecule has 0 saturated heterocycles. The zero-order chi connectivity index (χ0) is 21.4. The van der Waals surface area contributed by atoms with Crippen LogP contribution < -0.4 is 5.14 Å². The van der Waals surface area contributed by atoms with Crippen LogP contribution in [0.25, 0.3) is 0 Å². The Kier molecular flexibility index (Phi) is 5.28. The summed E-state index contributed by atoms with van der Waals surface area (Å²) in [6, 6.07) is 10.9. The van der Waals surface area contributed by atoms with E-state index < -0.39 is 40.1 Å². The van der Waals surface area contributed by atoms with E-state index in [1.165, 1.54) is 24.3 Å². The molecular weight excluding hydrogens is 403 g/mol. The van der Waals surface area contributed by atoms with Crippen LogP contribution in [0.1, 0.15) is 35.1 Å². The molecule has 3 unspecified atom stereocenters. The van der Waals surface area contributed by atoms with E-state index in [4.69, 9.17) is 11.6 Å². The highest BCUT2D eigenvalue weighted by molar-refractivity contribution is 7.89. The van der Waals surface area contributed by atoms with Gasteiger partial charge in [-0.2, -0.15) is 23.4 Å². The van der Waals surface area contributed by atoms with Crippen LogP contribution in [-0.2, 0) is 10.0 Å². The summed E-state index contributed by atoms with van der Waals surface area (Å²) >= 11 is 0. The van der Waals surface area contributed by atoms with E-state index in [1.54, 1.807) is 24.3 Å². The topological polar surface area (TPSA) is 84.9 Å². The molecule has 0 fully saturated rings. The SMILES string of the molecule is C#CCC1(C(F)(F)F)N=NC(c2ccc(S(N)(=O)=O)cc2)C1c1ccc(C)cc1. The van der Waals surface area contributed by atoms with E-state index in [-0.39, 0.29) is 4.90 Å². The number of halogens is 3. The van der Waals surface area contributed by atoms with Crippen LogP contribution in [0.5, 0.6) is 0 Å². The molecule has 0 spiro atoms. The van der Waals surface area contributed by atoms with Crippen molar-refractivity contribution in [2.45, 2.75) is 41.9 Å². The van der Waals surface area contributed by atoms with Crippen molar-refractivity contribution in [1.82, 2.24) is 0 Å². The second-order valence-corrected chi connectivity index (χ2v) is 8.53. The summed E-state index contributed by atoms with van der Waals surface area (Å²) in [6.45, 7) is 1.83. The predicted octanol–water partition coefficient (Wildman–Crippen LogP) is 4.26. The minimum atomic E-state index is -4.73. The van der Waals surface area contributed by atoms with Gasteiger partial charge in [0, 0.05) is 12.3 Å². The fraction of sp³-hybridized carbons (Fsp3) is 0.300. The molecule has 0 aliphatic carbocycles. The second-order valence-electron chi connectivity index (χ2n) is 6.97. The average molecular weight is 421 g/mol. The summed E-state index contributed by atoms with van der Waals surface area (Å²) in [5, 5.41) is 12.7. The van der Waals surface area contributed by atoms with Crippen molar-refractivity contribution < 1.29 is 21.6 Å². The van der Waals surface area contributed by atoms with Crippen LogP contribution >= 0.6 is 0 Å². The normalized spacial score (nSPS) is 24.4.